The number of halogens is 2. The molecule has 0 aliphatic rings. The summed E-state index contributed by atoms with van der Waals surface area (Å²) >= 11 is 0. The molecule has 2 amide bonds. The minimum atomic E-state index is -2.51. The molecule has 1 aromatic heterocycles. The van der Waals surface area contributed by atoms with Crippen LogP contribution in [0.4, 0.5) is 19.3 Å². The van der Waals surface area contributed by atoms with E-state index in [9.17, 15) is 18.4 Å². The van der Waals surface area contributed by atoms with Crippen molar-refractivity contribution in [2.45, 2.75) is 45.8 Å². The zero-order chi connectivity index (χ0) is 16.8. The number of carbonyl (C=O) groups excluding carboxylic acids is 2. The third kappa shape index (κ3) is 7.55. The van der Waals surface area contributed by atoms with Gasteiger partial charge >= 0.3 is 6.09 Å². The predicted molar refractivity (Wildman–Crippen MR) is 75.7 cm³/mol. The Kier molecular flexibility index (Phi) is 6.26. The van der Waals surface area contributed by atoms with Crippen molar-refractivity contribution >= 4 is 17.7 Å². The van der Waals surface area contributed by atoms with Crippen molar-refractivity contribution in [2.75, 3.05) is 11.9 Å². The molecule has 9 heteroatoms. The maximum absolute atomic E-state index is 12.2. The number of aromatic nitrogens is 2. The molecule has 0 bridgehead atoms. The quantitative estimate of drug-likeness (QED) is 0.840. The van der Waals surface area contributed by atoms with Gasteiger partial charge in [-0.25, -0.2) is 13.6 Å². The van der Waals surface area contributed by atoms with Crippen LogP contribution >= 0.6 is 0 Å². The molecule has 0 atom stereocenters. The minimum absolute atomic E-state index is 0.0271. The van der Waals surface area contributed by atoms with Crippen LogP contribution in [0.2, 0.25) is 0 Å². The van der Waals surface area contributed by atoms with Gasteiger partial charge in [-0.15, -0.1) is 0 Å². The molecule has 22 heavy (non-hydrogen) atoms. The van der Waals surface area contributed by atoms with Crippen LogP contribution < -0.4 is 10.6 Å². The van der Waals surface area contributed by atoms with Gasteiger partial charge in [-0.1, -0.05) is 0 Å². The Bertz CT molecular complexity index is 512. The van der Waals surface area contributed by atoms with Crippen molar-refractivity contribution in [3.8, 4) is 0 Å². The van der Waals surface area contributed by atoms with E-state index in [0.29, 0.717) is 5.69 Å². The van der Waals surface area contributed by atoms with Crippen molar-refractivity contribution in [1.82, 2.24) is 15.1 Å². The van der Waals surface area contributed by atoms with Crippen LogP contribution in [0.3, 0.4) is 0 Å². The van der Waals surface area contributed by atoms with Gasteiger partial charge in [0.25, 0.3) is 6.43 Å². The first-order valence-corrected chi connectivity index (χ1v) is 6.73. The van der Waals surface area contributed by atoms with Crippen molar-refractivity contribution < 1.29 is 23.1 Å². The van der Waals surface area contributed by atoms with Crippen LogP contribution in [-0.2, 0) is 16.1 Å². The summed E-state index contributed by atoms with van der Waals surface area (Å²) in [5, 5.41) is 8.63. The van der Waals surface area contributed by atoms with Crippen molar-refractivity contribution in [2.24, 2.45) is 0 Å². The monoisotopic (exact) mass is 318 g/mol. The first-order chi connectivity index (χ1) is 10.2. The molecule has 0 saturated carbocycles. The summed E-state index contributed by atoms with van der Waals surface area (Å²) in [5.41, 5.74) is -0.283. The topological polar surface area (TPSA) is 85.2 Å². The summed E-state index contributed by atoms with van der Waals surface area (Å²) in [5.74, 6) is -0.368. The molecular formula is C13H20F2N4O3. The average Bonchev–Trinajstić information content (AvgIpc) is 2.72. The number of rotatable bonds is 6. The summed E-state index contributed by atoms with van der Waals surface area (Å²) in [6, 6.07) is 0. The number of nitrogens with zero attached hydrogens (tertiary/aromatic N) is 2. The second-order valence-electron chi connectivity index (χ2n) is 5.57. The van der Waals surface area contributed by atoms with E-state index in [1.54, 1.807) is 20.8 Å². The lowest BCUT2D eigenvalue weighted by Crippen LogP contribution is -2.34. The molecular weight excluding hydrogens is 298 g/mol. The standard InChI is InChI=1S/C13H20F2N4O3/c1-13(2,3)22-12(21)16-5-4-11(20)18-9-6-17-19(7-9)8-10(14)15/h6-7,10H,4-5,8H2,1-3H3,(H,16,21)(H,18,20). The molecule has 0 aliphatic heterocycles. The van der Waals surface area contributed by atoms with Crippen LogP contribution in [0.15, 0.2) is 12.4 Å². The molecule has 0 unspecified atom stereocenters. The first kappa shape index (κ1) is 17.9. The van der Waals surface area contributed by atoms with Crippen LogP contribution in [0, 0.1) is 0 Å². The van der Waals surface area contributed by atoms with Gasteiger partial charge in [0.05, 0.1) is 11.9 Å². The molecule has 124 valence electrons. The zero-order valence-electron chi connectivity index (χ0n) is 12.7. The molecule has 7 nitrogen and oxygen atoms in total. The fourth-order valence-corrected chi connectivity index (χ4v) is 1.49. The molecule has 0 fully saturated rings. The summed E-state index contributed by atoms with van der Waals surface area (Å²) in [4.78, 5) is 23.0. The van der Waals surface area contributed by atoms with Crippen molar-refractivity contribution in [3.05, 3.63) is 12.4 Å². The molecule has 0 aliphatic carbocycles. The third-order valence-corrected chi connectivity index (χ3v) is 2.26. The van der Waals surface area contributed by atoms with Gasteiger partial charge in [-0.2, -0.15) is 5.10 Å². The average molecular weight is 318 g/mol. The lowest BCUT2D eigenvalue weighted by atomic mass is 10.2. The third-order valence-electron chi connectivity index (χ3n) is 2.26. The Morgan fingerprint density at radius 1 is 1.41 bits per heavy atom. The maximum Gasteiger partial charge on any atom is 0.407 e. The zero-order valence-corrected chi connectivity index (χ0v) is 12.7. The first-order valence-electron chi connectivity index (χ1n) is 6.73. The van der Waals surface area contributed by atoms with E-state index in [1.165, 1.54) is 12.4 Å². The van der Waals surface area contributed by atoms with Crippen LogP contribution in [0.25, 0.3) is 0 Å². The normalized spacial score (nSPS) is 11.4. The fourth-order valence-electron chi connectivity index (χ4n) is 1.49. The molecule has 1 heterocycles. The number of hydrogen-bond acceptors (Lipinski definition) is 4. The van der Waals surface area contributed by atoms with Gasteiger partial charge in [-0.3, -0.25) is 9.48 Å². The number of amides is 2. The smallest absolute Gasteiger partial charge is 0.407 e. The Labute approximate surface area is 127 Å². The van der Waals surface area contributed by atoms with Crippen molar-refractivity contribution in [3.63, 3.8) is 0 Å². The Morgan fingerprint density at radius 2 is 2.09 bits per heavy atom. The number of carbonyl (C=O) groups is 2. The van der Waals surface area contributed by atoms with Gasteiger partial charge in [-0.05, 0) is 20.8 Å². The maximum atomic E-state index is 12.2. The Balaban J connectivity index is 2.29. The number of alkyl carbamates (subject to hydrolysis) is 1. The second-order valence-corrected chi connectivity index (χ2v) is 5.57. The highest BCUT2D eigenvalue weighted by atomic mass is 19.3. The van der Waals surface area contributed by atoms with E-state index in [4.69, 9.17) is 4.74 Å². The highest BCUT2D eigenvalue weighted by Gasteiger charge is 2.16. The predicted octanol–water partition coefficient (Wildman–Crippen LogP) is 2.00. The number of ether oxygens (including phenoxy) is 1. The molecule has 0 saturated heterocycles. The van der Waals surface area contributed by atoms with E-state index < -0.39 is 24.7 Å². The highest BCUT2D eigenvalue weighted by Crippen LogP contribution is 2.08. The number of anilines is 1. The number of nitrogens with one attached hydrogen (secondary N) is 2. The van der Waals surface area contributed by atoms with E-state index in [0.717, 1.165) is 4.68 Å². The Morgan fingerprint density at radius 3 is 2.68 bits per heavy atom. The van der Waals surface area contributed by atoms with Crippen LogP contribution in [-0.4, -0.2) is 40.4 Å². The van der Waals surface area contributed by atoms with E-state index in [-0.39, 0.29) is 18.9 Å². The lowest BCUT2D eigenvalue weighted by molar-refractivity contribution is -0.116. The van der Waals surface area contributed by atoms with Crippen LogP contribution in [0.1, 0.15) is 27.2 Å². The lowest BCUT2D eigenvalue weighted by Gasteiger charge is -2.19. The van der Waals surface area contributed by atoms with Crippen LogP contribution in [0.5, 0.6) is 0 Å². The van der Waals surface area contributed by atoms with E-state index in [1.807, 2.05) is 0 Å². The number of hydrogen-bond donors (Lipinski definition) is 2. The number of alkyl halides is 2. The van der Waals surface area contributed by atoms with Gasteiger partial charge in [0.2, 0.25) is 5.91 Å². The molecule has 0 aromatic carbocycles. The van der Waals surface area contributed by atoms with Gasteiger partial charge < -0.3 is 15.4 Å². The summed E-state index contributed by atoms with van der Waals surface area (Å²) < 4.78 is 30.4. The molecule has 0 spiro atoms. The summed E-state index contributed by atoms with van der Waals surface area (Å²) in [6.07, 6.45) is -0.502. The fraction of sp³-hybridized carbons (Fsp3) is 0.615. The van der Waals surface area contributed by atoms with Crippen molar-refractivity contribution in [1.29, 1.82) is 0 Å². The largest absolute Gasteiger partial charge is 0.444 e. The SMILES string of the molecule is CC(C)(C)OC(=O)NCCC(=O)Nc1cnn(CC(F)F)c1. The highest BCUT2D eigenvalue weighted by molar-refractivity contribution is 5.90. The van der Waals surface area contributed by atoms with Gasteiger partial charge in [0.15, 0.2) is 0 Å². The summed E-state index contributed by atoms with van der Waals surface area (Å²) in [6.45, 7) is 4.77. The molecule has 1 aromatic rings. The minimum Gasteiger partial charge on any atom is -0.444 e. The van der Waals surface area contributed by atoms with Gasteiger partial charge in [0.1, 0.15) is 12.1 Å². The van der Waals surface area contributed by atoms with Gasteiger partial charge in [0, 0.05) is 19.2 Å². The summed E-state index contributed by atoms with van der Waals surface area (Å²) in [7, 11) is 0. The molecule has 1 rings (SSSR count). The Hall–Kier alpha value is -2.19. The second kappa shape index (κ2) is 7.71. The van der Waals surface area contributed by atoms with E-state index >= 15 is 0 Å². The molecule has 0 radical (unpaired) electrons. The molecule has 2 N–H and O–H groups in total. The van der Waals surface area contributed by atoms with E-state index in [2.05, 4.69) is 15.7 Å².